The van der Waals surface area contributed by atoms with Crippen molar-refractivity contribution in [2.75, 3.05) is 6.61 Å². The van der Waals surface area contributed by atoms with Crippen molar-refractivity contribution in [3.05, 3.63) is 35.4 Å². The summed E-state index contributed by atoms with van der Waals surface area (Å²) in [5, 5.41) is 16.9. The first kappa shape index (κ1) is 11.7. The molecule has 0 heterocycles. The summed E-state index contributed by atoms with van der Waals surface area (Å²) in [5.74, 6) is -3.32. The summed E-state index contributed by atoms with van der Waals surface area (Å²) < 4.78 is 4.39. The van der Waals surface area contributed by atoms with E-state index in [9.17, 15) is 14.4 Å². The third kappa shape index (κ3) is 3.09. The van der Waals surface area contributed by atoms with Crippen molar-refractivity contribution in [2.45, 2.75) is 0 Å². The number of aliphatic carboxylic acids is 1. The maximum absolute atomic E-state index is 11.2. The molecule has 0 aromatic heterocycles. The quantitative estimate of drug-likeness (QED) is 0.727. The predicted octanol–water partition coefficient (Wildman–Crippen LogP) is 0.626. The molecule has 84 valence electrons. The SMILES string of the molecule is O=C(O)COC(=O)c1cccc(C(=O)O)c1. The number of esters is 1. The molecule has 6 nitrogen and oxygen atoms in total. The molecule has 0 saturated carbocycles. The number of hydrogen-bond donors (Lipinski definition) is 2. The molecule has 0 saturated heterocycles. The van der Waals surface area contributed by atoms with Gasteiger partial charge in [0.1, 0.15) is 0 Å². The zero-order valence-electron chi connectivity index (χ0n) is 8.04. The van der Waals surface area contributed by atoms with Crippen molar-refractivity contribution in [3.63, 3.8) is 0 Å². The van der Waals surface area contributed by atoms with Crippen molar-refractivity contribution >= 4 is 17.9 Å². The third-order valence-corrected chi connectivity index (χ3v) is 1.67. The van der Waals surface area contributed by atoms with Crippen LogP contribution in [0.4, 0.5) is 0 Å². The second-order valence-electron chi connectivity index (χ2n) is 2.86. The molecule has 0 aliphatic heterocycles. The summed E-state index contributed by atoms with van der Waals surface area (Å²) in [5.41, 5.74) is -0.0640. The number of ether oxygens (including phenoxy) is 1. The van der Waals surface area contributed by atoms with E-state index in [1.54, 1.807) is 0 Å². The van der Waals surface area contributed by atoms with E-state index in [1.807, 2.05) is 0 Å². The van der Waals surface area contributed by atoms with Gasteiger partial charge in [-0.05, 0) is 18.2 Å². The van der Waals surface area contributed by atoms with Gasteiger partial charge in [-0.15, -0.1) is 0 Å². The third-order valence-electron chi connectivity index (χ3n) is 1.67. The van der Waals surface area contributed by atoms with Gasteiger partial charge in [0.05, 0.1) is 11.1 Å². The average molecular weight is 224 g/mol. The molecule has 0 fully saturated rings. The van der Waals surface area contributed by atoms with Crippen molar-refractivity contribution in [1.29, 1.82) is 0 Å². The highest BCUT2D eigenvalue weighted by molar-refractivity contribution is 5.95. The number of carboxylic acids is 2. The van der Waals surface area contributed by atoms with E-state index < -0.39 is 24.5 Å². The zero-order chi connectivity index (χ0) is 12.1. The minimum atomic E-state index is -1.28. The molecule has 0 spiro atoms. The number of aromatic carboxylic acids is 1. The molecule has 0 amide bonds. The van der Waals surface area contributed by atoms with Gasteiger partial charge < -0.3 is 14.9 Å². The number of carbonyl (C=O) groups is 3. The van der Waals surface area contributed by atoms with Gasteiger partial charge in [-0.1, -0.05) is 6.07 Å². The van der Waals surface area contributed by atoms with Crippen LogP contribution >= 0.6 is 0 Å². The largest absolute Gasteiger partial charge is 0.479 e. The molecule has 6 heteroatoms. The lowest BCUT2D eigenvalue weighted by atomic mass is 10.1. The first-order valence-corrected chi connectivity index (χ1v) is 4.23. The summed E-state index contributed by atoms with van der Waals surface area (Å²) >= 11 is 0. The number of rotatable bonds is 4. The Kier molecular flexibility index (Phi) is 3.60. The Bertz CT molecular complexity index is 437. The molecule has 1 aromatic rings. The Morgan fingerprint density at radius 1 is 1.12 bits per heavy atom. The topological polar surface area (TPSA) is 101 Å². The Morgan fingerprint density at radius 3 is 2.31 bits per heavy atom. The molecule has 0 unspecified atom stereocenters. The summed E-state index contributed by atoms with van der Waals surface area (Å²) in [6.07, 6.45) is 0. The fraction of sp³-hybridized carbons (Fsp3) is 0.100. The molecule has 2 N–H and O–H groups in total. The lowest BCUT2D eigenvalue weighted by molar-refractivity contribution is -0.140. The van der Waals surface area contributed by atoms with Gasteiger partial charge in [0, 0.05) is 0 Å². The van der Waals surface area contributed by atoms with Crippen LogP contribution in [0.2, 0.25) is 0 Å². The molecular weight excluding hydrogens is 216 g/mol. The van der Waals surface area contributed by atoms with Gasteiger partial charge in [0.2, 0.25) is 0 Å². The van der Waals surface area contributed by atoms with Crippen LogP contribution in [0, 0.1) is 0 Å². The van der Waals surface area contributed by atoms with Crippen LogP contribution in [0.5, 0.6) is 0 Å². The molecule has 0 atom stereocenters. The first-order chi connectivity index (χ1) is 7.50. The number of carbonyl (C=O) groups excluding carboxylic acids is 1. The molecule has 16 heavy (non-hydrogen) atoms. The van der Waals surface area contributed by atoms with Gasteiger partial charge in [0.25, 0.3) is 0 Å². The highest BCUT2D eigenvalue weighted by Gasteiger charge is 2.11. The lowest BCUT2D eigenvalue weighted by Crippen LogP contribution is -2.13. The van der Waals surface area contributed by atoms with Crippen LogP contribution in [-0.4, -0.2) is 34.7 Å². The van der Waals surface area contributed by atoms with Gasteiger partial charge >= 0.3 is 17.9 Å². The summed E-state index contributed by atoms with van der Waals surface area (Å²) in [6.45, 7) is -0.754. The van der Waals surface area contributed by atoms with Gasteiger partial charge in [-0.2, -0.15) is 0 Å². The molecular formula is C10H8O6. The van der Waals surface area contributed by atoms with Crippen LogP contribution in [0.3, 0.4) is 0 Å². The van der Waals surface area contributed by atoms with Crippen LogP contribution < -0.4 is 0 Å². The van der Waals surface area contributed by atoms with E-state index in [0.717, 1.165) is 6.07 Å². The fourth-order valence-corrected chi connectivity index (χ4v) is 0.990. The van der Waals surface area contributed by atoms with Crippen molar-refractivity contribution in [3.8, 4) is 0 Å². The zero-order valence-corrected chi connectivity index (χ0v) is 8.04. The Balaban J connectivity index is 2.79. The predicted molar refractivity (Wildman–Crippen MR) is 51.3 cm³/mol. The van der Waals surface area contributed by atoms with E-state index >= 15 is 0 Å². The summed E-state index contributed by atoms with van der Waals surface area (Å²) in [6, 6.07) is 5.15. The normalized spacial score (nSPS) is 9.50. The van der Waals surface area contributed by atoms with E-state index in [2.05, 4.69) is 4.74 Å². The van der Waals surface area contributed by atoms with Crippen LogP contribution in [-0.2, 0) is 9.53 Å². The minimum absolute atomic E-state index is 0.00106. The highest BCUT2D eigenvalue weighted by atomic mass is 16.5. The maximum Gasteiger partial charge on any atom is 0.341 e. The summed E-state index contributed by atoms with van der Waals surface area (Å²) in [7, 11) is 0. The Morgan fingerprint density at radius 2 is 1.75 bits per heavy atom. The van der Waals surface area contributed by atoms with Crippen LogP contribution in [0.15, 0.2) is 24.3 Å². The molecule has 0 aliphatic carbocycles. The monoisotopic (exact) mass is 224 g/mol. The van der Waals surface area contributed by atoms with Crippen molar-refractivity contribution in [2.24, 2.45) is 0 Å². The van der Waals surface area contributed by atoms with E-state index in [1.165, 1.54) is 18.2 Å². The molecule has 1 aromatic carbocycles. The lowest BCUT2D eigenvalue weighted by Gasteiger charge is -2.02. The highest BCUT2D eigenvalue weighted by Crippen LogP contribution is 2.06. The van der Waals surface area contributed by atoms with Gasteiger partial charge in [-0.3, -0.25) is 0 Å². The number of carboxylic acid groups (broad SMARTS) is 2. The van der Waals surface area contributed by atoms with E-state index in [4.69, 9.17) is 10.2 Å². The van der Waals surface area contributed by atoms with Gasteiger partial charge in [-0.25, -0.2) is 14.4 Å². The Labute approximate surface area is 90.1 Å². The molecule has 0 bridgehead atoms. The Hall–Kier alpha value is -2.37. The summed E-state index contributed by atoms with van der Waals surface area (Å²) in [4.78, 5) is 32.0. The minimum Gasteiger partial charge on any atom is -0.479 e. The fourth-order valence-electron chi connectivity index (χ4n) is 0.990. The van der Waals surface area contributed by atoms with Crippen molar-refractivity contribution < 1.29 is 29.3 Å². The van der Waals surface area contributed by atoms with Crippen LogP contribution in [0.25, 0.3) is 0 Å². The molecule has 1 rings (SSSR count). The second kappa shape index (κ2) is 4.92. The molecule has 0 radical (unpaired) electrons. The first-order valence-electron chi connectivity index (χ1n) is 4.23. The molecule has 0 aliphatic rings. The van der Waals surface area contributed by atoms with E-state index in [-0.39, 0.29) is 11.1 Å². The maximum atomic E-state index is 11.2. The number of hydrogen-bond acceptors (Lipinski definition) is 4. The average Bonchev–Trinajstić information content (AvgIpc) is 2.26. The smallest absolute Gasteiger partial charge is 0.341 e. The van der Waals surface area contributed by atoms with Gasteiger partial charge in [0.15, 0.2) is 6.61 Å². The number of benzene rings is 1. The second-order valence-corrected chi connectivity index (χ2v) is 2.86. The van der Waals surface area contributed by atoms with Crippen molar-refractivity contribution in [1.82, 2.24) is 0 Å². The van der Waals surface area contributed by atoms with Crippen LogP contribution in [0.1, 0.15) is 20.7 Å². The van der Waals surface area contributed by atoms with E-state index in [0.29, 0.717) is 0 Å². The standard InChI is InChI=1S/C10H8O6/c11-8(12)5-16-10(15)7-3-1-2-6(4-7)9(13)14/h1-4H,5H2,(H,11,12)(H,13,14).